The highest BCUT2D eigenvalue weighted by Crippen LogP contribution is 2.30. The Bertz CT molecular complexity index is 743. The second kappa shape index (κ2) is 5.92. The van der Waals surface area contributed by atoms with Crippen molar-refractivity contribution in [2.24, 2.45) is 5.14 Å². The third-order valence-corrected chi connectivity index (χ3v) is 4.58. The molecule has 1 aromatic carbocycles. The number of rotatable bonds is 4. The molecule has 0 aliphatic carbocycles. The zero-order valence-corrected chi connectivity index (χ0v) is 14.5. The number of nitrogens with two attached hydrogens (primary N) is 1. The van der Waals surface area contributed by atoms with Crippen molar-refractivity contribution in [3.8, 4) is 11.4 Å². The summed E-state index contributed by atoms with van der Waals surface area (Å²) < 4.78 is 26.3. The van der Waals surface area contributed by atoms with E-state index in [1.165, 1.54) is 4.57 Å². The van der Waals surface area contributed by atoms with Crippen molar-refractivity contribution < 1.29 is 8.42 Å². The first-order valence-corrected chi connectivity index (χ1v) is 8.89. The van der Waals surface area contributed by atoms with Crippen LogP contribution >= 0.6 is 31.9 Å². The third kappa shape index (κ3) is 3.11. The van der Waals surface area contributed by atoms with Gasteiger partial charge >= 0.3 is 0 Å². The summed E-state index contributed by atoms with van der Waals surface area (Å²) in [5.74, 6) is 0.462. The van der Waals surface area contributed by atoms with Gasteiger partial charge in [0.15, 0.2) is 5.82 Å². The van der Waals surface area contributed by atoms with E-state index in [0.29, 0.717) is 12.4 Å². The molecule has 0 unspecified atom stereocenters. The second-order valence-electron chi connectivity index (χ2n) is 4.13. The first-order chi connectivity index (χ1) is 9.34. The number of hydrogen-bond donors (Lipinski definition) is 1. The van der Waals surface area contributed by atoms with Gasteiger partial charge in [-0.15, -0.1) is 10.2 Å². The van der Waals surface area contributed by atoms with E-state index in [2.05, 4.69) is 42.1 Å². The Morgan fingerprint density at radius 2 is 2.00 bits per heavy atom. The normalized spacial score (nSPS) is 11.8. The van der Waals surface area contributed by atoms with Crippen molar-refractivity contribution in [1.82, 2.24) is 14.8 Å². The fourth-order valence-electron chi connectivity index (χ4n) is 1.79. The molecule has 6 nitrogen and oxygen atoms in total. The number of hydrogen-bond acceptors (Lipinski definition) is 4. The van der Waals surface area contributed by atoms with Crippen LogP contribution in [0.15, 0.2) is 32.3 Å². The van der Waals surface area contributed by atoms with Crippen molar-refractivity contribution in [2.75, 3.05) is 0 Å². The molecule has 2 N–H and O–H groups in total. The lowest BCUT2D eigenvalue weighted by atomic mass is 10.2. The minimum atomic E-state index is -3.90. The molecule has 0 saturated heterocycles. The predicted octanol–water partition coefficient (Wildman–Crippen LogP) is 2.53. The van der Waals surface area contributed by atoms with Crippen LogP contribution in [0.4, 0.5) is 0 Å². The highest BCUT2D eigenvalue weighted by Gasteiger charge is 2.22. The van der Waals surface area contributed by atoms with Crippen molar-refractivity contribution in [2.45, 2.75) is 25.0 Å². The van der Waals surface area contributed by atoms with Crippen LogP contribution in [0.3, 0.4) is 0 Å². The van der Waals surface area contributed by atoms with E-state index in [-0.39, 0.29) is 5.16 Å². The quantitative estimate of drug-likeness (QED) is 0.817. The van der Waals surface area contributed by atoms with E-state index in [0.717, 1.165) is 20.9 Å². The van der Waals surface area contributed by atoms with Crippen LogP contribution in [0.5, 0.6) is 0 Å². The predicted molar refractivity (Wildman–Crippen MR) is 82.5 cm³/mol. The molecule has 0 saturated carbocycles. The Balaban J connectivity index is 2.69. The van der Waals surface area contributed by atoms with Gasteiger partial charge in [0.2, 0.25) is 0 Å². The summed E-state index contributed by atoms with van der Waals surface area (Å²) in [5.41, 5.74) is 0.746. The number of halogens is 2. The number of primary sulfonamides is 1. The minimum Gasteiger partial charge on any atom is -0.297 e. The van der Waals surface area contributed by atoms with Gasteiger partial charge < -0.3 is 0 Å². The van der Waals surface area contributed by atoms with E-state index in [9.17, 15) is 8.42 Å². The summed E-state index contributed by atoms with van der Waals surface area (Å²) in [5, 5.41) is 12.6. The number of nitrogens with zero attached hydrogens (tertiary/aromatic N) is 3. The molecular formula is C11H12Br2N4O2S. The number of aromatic nitrogens is 3. The molecule has 2 aromatic rings. The van der Waals surface area contributed by atoms with Gasteiger partial charge in [-0.1, -0.05) is 38.8 Å². The molecule has 0 bridgehead atoms. The summed E-state index contributed by atoms with van der Waals surface area (Å²) in [6.45, 7) is 2.40. The fourth-order valence-corrected chi connectivity index (χ4v) is 3.22. The van der Waals surface area contributed by atoms with Crippen LogP contribution in [-0.2, 0) is 16.6 Å². The van der Waals surface area contributed by atoms with Gasteiger partial charge in [-0.25, -0.2) is 13.6 Å². The first kappa shape index (κ1) is 15.6. The maximum absolute atomic E-state index is 11.6. The molecule has 9 heteroatoms. The van der Waals surface area contributed by atoms with E-state index in [1.807, 2.05) is 25.1 Å². The molecule has 0 radical (unpaired) electrons. The molecule has 0 spiro atoms. The monoisotopic (exact) mass is 422 g/mol. The van der Waals surface area contributed by atoms with Crippen molar-refractivity contribution in [3.05, 3.63) is 27.1 Å². The highest BCUT2D eigenvalue weighted by atomic mass is 79.9. The van der Waals surface area contributed by atoms with Gasteiger partial charge in [-0.3, -0.25) is 4.57 Å². The summed E-state index contributed by atoms with van der Waals surface area (Å²) in [7, 11) is -3.90. The van der Waals surface area contributed by atoms with Gasteiger partial charge in [0.05, 0.1) is 0 Å². The molecule has 108 valence electrons. The van der Waals surface area contributed by atoms with Crippen LogP contribution in [0.1, 0.15) is 13.3 Å². The molecule has 20 heavy (non-hydrogen) atoms. The van der Waals surface area contributed by atoms with Gasteiger partial charge in [0.25, 0.3) is 15.2 Å². The van der Waals surface area contributed by atoms with Crippen LogP contribution < -0.4 is 5.14 Å². The van der Waals surface area contributed by atoms with Crippen molar-refractivity contribution in [1.29, 1.82) is 0 Å². The average molecular weight is 424 g/mol. The zero-order chi connectivity index (χ0) is 14.9. The minimum absolute atomic E-state index is 0.221. The SMILES string of the molecule is CCCn1c(-c2cc(Br)ccc2Br)nnc1S(N)(=O)=O. The van der Waals surface area contributed by atoms with Crippen LogP contribution in [0, 0.1) is 0 Å². The van der Waals surface area contributed by atoms with Crippen LogP contribution in [0.2, 0.25) is 0 Å². The maximum atomic E-state index is 11.6. The Hall–Kier alpha value is -0.770. The summed E-state index contributed by atoms with van der Waals surface area (Å²) >= 11 is 6.81. The molecule has 1 aromatic heterocycles. The molecule has 0 aliphatic heterocycles. The maximum Gasteiger partial charge on any atom is 0.273 e. The molecule has 0 aliphatic rings. The average Bonchev–Trinajstić information content (AvgIpc) is 2.76. The van der Waals surface area contributed by atoms with Crippen molar-refractivity contribution in [3.63, 3.8) is 0 Å². The largest absolute Gasteiger partial charge is 0.297 e. The number of sulfonamides is 1. The second-order valence-corrected chi connectivity index (χ2v) is 7.35. The Kier molecular flexibility index (Phi) is 4.62. The topological polar surface area (TPSA) is 90.9 Å². The van der Waals surface area contributed by atoms with Crippen molar-refractivity contribution >= 4 is 41.9 Å². The summed E-state index contributed by atoms with van der Waals surface area (Å²) in [6.07, 6.45) is 0.735. The van der Waals surface area contributed by atoms with Gasteiger partial charge in [-0.2, -0.15) is 0 Å². The molecule has 0 fully saturated rings. The zero-order valence-electron chi connectivity index (χ0n) is 10.5. The first-order valence-electron chi connectivity index (χ1n) is 5.76. The molecule has 1 heterocycles. The van der Waals surface area contributed by atoms with E-state index < -0.39 is 10.0 Å². The van der Waals surface area contributed by atoms with Gasteiger partial charge in [0, 0.05) is 21.1 Å². The highest BCUT2D eigenvalue weighted by molar-refractivity contribution is 9.11. The van der Waals surface area contributed by atoms with E-state index in [1.54, 1.807) is 0 Å². The fraction of sp³-hybridized carbons (Fsp3) is 0.273. The summed E-state index contributed by atoms with van der Waals surface area (Å²) in [4.78, 5) is 0. The Labute approximate surface area is 133 Å². The van der Waals surface area contributed by atoms with E-state index in [4.69, 9.17) is 5.14 Å². The van der Waals surface area contributed by atoms with E-state index >= 15 is 0 Å². The molecular weight excluding hydrogens is 412 g/mol. The lowest BCUT2D eigenvalue weighted by Gasteiger charge is -2.09. The van der Waals surface area contributed by atoms with Crippen LogP contribution in [-0.4, -0.2) is 23.2 Å². The Morgan fingerprint density at radius 1 is 1.30 bits per heavy atom. The molecule has 0 atom stereocenters. The third-order valence-electron chi connectivity index (χ3n) is 2.59. The molecule has 2 rings (SSSR count). The van der Waals surface area contributed by atoms with Gasteiger partial charge in [-0.05, 0) is 24.6 Å². The standard InChI is InChI=1S/C11H12Br2N4O2S/c1-2-5-17-10(15-16-11(17)20(14,18)19)8-6-7(12)3-4-9(8)13/h3-4,6H,2,5H2,1H3,(H2,14,18,19). The lowest BCUT2D eigenvalue weighted by molar-refractivity contribution is 0.559. The van der Waals surface area contributed by atoms with Gasteiger partial charge in [0.1, 0.15) is 0 Å². The smallest absolute Gasteiger partial charge is 0.273 e. The Morgan fingerprint density at radius 3 is 2.60 bits per heavy atom. The van der Waals surface area contributed by atoms with Crippen LogP contribution in [0.25, 0.3) is 11.4 Å². The molecule has 0 amide bonds. The lowest BCUT2D eigenvalue weighted by Crippen LogP contribution is -2.19. The number of benzene rings is 1. The summed E-state index contributed by atoms with van der Waals surface area (Å²) in [6, 6.07) is 5.56.